The summed E-state index contributed by atoms with van der Waals surface area (Å²) in [5.41, 5.74) is -0.115. The highest BCUT2D eigenvalue weighted by atomic mass is 35.5. The molecule has 1 saturated carbocycles. The van der Waals surface area contributed by atoms with Crippen LogP contribution in [0.3, 0.4) is 0 Å². The highest BCUT2D eigenvalue weighted by Gasteiger charge is 2.44. The number of rotatable bonds is 11. The molecule has 1 aliphatic carbocycles. The summed E-state index contributed by atoms with van der Waals surface area (Å²) >= 11 is 7.68. The van der Waals surface area contributed by atoms with Gasteiger partial charge in [0.1, 0.15) is 11.6 Å². The monoisotopic (exact) mass is 596 g/mol. The van der Waals surface area contributed by atoms with Crippen molar-refractivity contribution in [2.24, 2.45) is 0 Å². The van der Waals surface area contributed by atoms with Crippen molar-refractivity contribution in [3.63, 3.8) is 0 Å². The minimum atomic E-state index is -1.07. The van der Waals surface area contributed by atoms with E-state index < -0.39 is 11.6 Å². The van der Waals surface area contributed by atoms with Crippen LogP contribution in [0.1, 0.15) is 47.3 Å². The molecule has 2 fully saturated rings. The number of thiophene rings is 1. The van der Waals surface area contributed by atoms with Gasteiger partial charge in [-0.3, -0.25) is 19.3 Å². The van der Waals surface area contributed by atoms with E-state index in [2.05, 4.69) is 20.9 Å². The topological polar surface area (TPSA) is 99.8 Å². The molecule has 2 aliphatic rings. The van der Waals surface area contributed by atoms with Crippen LogP contribution in [0.4, 0.5) is 0 Å². The minimum absolute atomic E-state index is 0.220. The van der Waals surface area contributed by atoms with Crippen molar-refractivity contribution in [3.05, 3.63) is 70.1 Å². The zero-order valence-electron chi connectivity index (χ0n) is 23.1. The maximum Gasteiger partial charge on any atom is 0.262 e. The summed E-state index contributed by atoms with van der Waals surface area (Å²) < 4.78 is 6.32. The maximum atomic E-state index is 13.9. The molecule has 3 N–H and O–H groups in total. The summed E-state index contributed by atoms with van der Waals surface area (Å²) in [6.07, 6.45) is 3.87. The molecule has 3 amide bonds. The fraction of sp³-hybridized carbons (Fsp3) is 0.452. The summed E-state index contributed by atoms with van der Waals surface area (Å²) in [6.45, 7) is 4.70. The number of amides is 3. The normalized spacial score (nSPS) is 17.7. The van der Waals surface area contributed by atoms with Crippen molar-refractivity contribution in [1.29, 1.82) is 0 Å². The summed E-state index contributed by atoms with van der Waals surface area (Å²) in [7, 11) is 0. The Balaban J connectivity index is 1.26. The highest BCUT2D eigenvalue weighted by Crippen LogP contribution is 2.34. The van der Waals surface area contributed by atoms with Crippen LogP contribution < -0.4 is 16.0 Å². The minimum Gasteiger partial charge on any atom is -0.379 e. The van der Waals surface area contributed by atoms with Crippen LogP contribution in [0, 0.1) is 0 Å². The lowest BCUT2D eigenvalue weighted by Crippen LogP contribution is -2.61. The van der Waals surface area contributed by atoms with Gasteiger partial charge in [-0.25, -0.2) is 0 Å². The lowest BCUT2D eigenvalue weighted by Gasteiger charge is -2.31. The highest BCUT2D eigenvalue weighted by molar-refractivity contribution is 7.20. The van der Waals surface area contributed by atoms with Gasteiger partial charge in [0, 0.05) is 41.2 Å². The van der Waals surface area contributed by atoms with Gasteiger partial charge in [0.15, 0.2) is 0 Å². The number of carbonyl (C=O) groups is 3. The first-order valence-corrected chi connectivity index (χ1v) is 15.6. The first kappa shape index (κ1) is 29.5. The fourth-order valence-electron chi connectivity index (χ4n) is 5.62. The lowest BCUT2D eigenvalue weighted by molar-refractivity contribution is -0.132. The van der Waals surface area contributed by atoms with E-state index in [0.717, 1.165) is 67.8 Å². The van der Waals surface area contributed by atoms with E-state index in [1.807, 2.05) is 42.5 Å². The average Bonchev–Trinajstić information content (AvgIpc) is 3.65. The maximum absolute atomic E-state index is 13.9. The van der Waals surface area contributed by atoms with E-state index in [-0.39, 0.29) is 17.7 Å². The smallest absolute Gasteiger partial charge is 0.262 e. The molecule has 1 aliphatic heterocycles. The van der Waals surface area contributed by atoms with Crippen LogP contribution in [0.5, 0.6) is 0 Å². The van der Waals surface area contributed by atoms with E-state index in [0.29, 0.717) is 35.7 Å². The molecule has 2 heterocycles. The van der Waals surface area contributed by atoms with Gasteiger partial charge in [-0.15, -0.1) is 11.3 Å². The Kier molecular flexibility index (Phi) is 9.92. The van der Waals surface area contributed by atoms with Gasteiger partial charge in [-0.1, -0.05) is 60.8 Å². The quantitative estimate of drug-likeness (QED) is 0.289. The molecule has 0 radical (unpaired) electrons. The Morgan fingerprint density at radius 3 is 2.51 bits per heavy atom. The molecule has 1 saturated heterocycles. The molecule has 218 valence electrons. The Hall–Kier alpha value is -2.98. The SMILES string of the molecule is O=C(NC1(C(=O)N[C@H](Cc2ccccc2)C(=O)NCCCN2CCOCC2)CCCC1)c1cc2c(Cl)cccc2s1. The number of morpholine rings is 1. The fourth-order valence-corrected chi connectivity index (χ4v) is 6.89. The summed E-state index contributed by atoms with van der Waals surface area (Å²) in [5.74, 6) is -0.832. The molecule has 8 nitrogen and oxygen atoms in total. The van der Waals surface area contributed by atoms with Crippen LogP contribution >= 0.6 is 22.9 Å². The summed E-state index contributed by atoms with van der Waals surface area (Å²) in [6, 6.07) is 16.3. The van der Waals surface area contributed by atoms with Crippen molar-refractivity contribution < 1.29 is 19.1 Å². The Morgan fingerprint density at radius 1 is 1.02 bits per heavy atom. The number of hydrogen-bond acceptors (Lipinski definition) is 6. The molecular formula is C31H37ClN4O4S. The van der Waals surface area contributed by atoms with Gasteiger partial charge >= 0.3 is 0 Å². The van der Waals surface area contributed by atoms with Crippen LogP contribution in [0.25, 0.3) is 10.1 Å². The van der Waals surface area contributed by atoms with Crippen molar-refractivity contribution in [1.82, 2.24) is 20.9 Å². The Bertz CT molecular complexity index is 1350. The zero-order valence-corrected chi connectivity index (χ0v) is 24.7. The molecule has 1 aromatic heterocycles. The van der Waals surface area contributed by atoms with Crippen molar-refractivity contribution in [2.45, 2.75) is 50.1 Å². The summed E-state index contributed by atoms with van der Waals surface area (Å²) in [4.78, 5) is 43.5. The van der Waals surface area contributed by atoms with E-state index >= 15 is 0 Å². The molecule has 10 heteroatoms. The molecular weight excluding hydrogens is 560 g/mol. The lowest BCUT2D eigenvalue weighted by atomic mass is 9.94. The van der Waals surface area contributed by atoms with Gasteiger partial charge in [0.2, 0.25) is 11.8 Å². The molecule has 1 atom stereocenters. The van der Waals surface area contributed by atoms with Crippen LogP contribution in [0.15, 0.2) is 54.6 Å². The second kappa shape index (κ2) is 13.8. The predicted molar refractivity (Wildman–Crippen MR) is 162 cm³/mol. The number of fused-ring (bicyclic) bond motifs is 1. The van der Waals surface area contributed by atoms with Crippen molar-refractivity contribution in [3.8, 4) is 0 Å². The predicted octanol–water partition coefficient (Wildman–Crippen LogP) is 4.16. The van der Waals surface area contributed by atoms with Crippen molar-refractivity contribution >= 4 is 50.7 Å². The number of hydrogen-bond donors (Lipinski definition) is 3. The number of benzene rings is 2. The number of ether oxygens (including phenoxy) is 1. The standard InChI is InChI=1S/C31H37ClN4O4S/c32-24-10-6-11-26-23(24)21-27(41-26)29(38)35-31(12-4-5-13-31)30(39)34-25(20-22-8-2-1-3-9-22)28(37)33-14-7-15-36-16-18-40-19-17-36/h1-3,6,8-11,21,25H,4-5,7,12-20H2,(H,33,37)(H,34,39)(H,35,38)/t25-/m1/s1. The number of halogens is 1. The van der Waals surface area contributed by atoms with Crippen LogP contribution in [-0.4, -0.2) is 73.6 Å². The van der Waals surface area contributed by atoms with Crippen molar-refractivity contribution in [2.75, 3.05) is 39.4 Å². The van der Waals surface area contributed by atoms with Gasteiger partial charge in [-0.05, 0) is 49.6 Å². The van der Waals surface area contributed by atoms with Gasteiger partial charge in [-0.2, -0.15) is 0 Å². The molecule has 3 aromatic rings. The van der Waals surface area contributed by atoms with Crippen LogP contribution in [-0.2, 0) is 20.7 Å². The third-order valence-corrected chi connectivity index (χ3v) is 9.36. The zero-order chi connectivity index (χ0) is 28.7. The number of carbonyl (C=O) groups excluding carboxylic acids is 3. The van der Waals surface area contributed by atoms with E-state index in [9.17, 15) is 14.4 Å². The van der Waals surface area contributed by atoms with E-state index in [1.54, 1.807) is 12.1 Å². The molecule has 5 rings (SSSR count). The molecule has 2 aromatic carbocycles. The third kappa shape index (κ3) is 7.46. The Morgan fingerprint density at radius 2 is 1.78 bits per heavy atom. The first-order chi connectivity index (χ1) is 19.9. The molecule has 0 spiro atoms. The van der Waals surface area contributed by atoms with Crippen LogP contribution in [0.2, 0.25) is 5.02 Å². The van der Waals surface area contributed by atoms with E-state index in [4.69, 9.17) is 16.3 Å². The second-order valence-electron chi connectivity index (χ2n) is 10.8. The summed E-state index contributed by atoms with van der Waals surface area (Å²) in [5, 5.41) is 10.5. The average molecular weight is 597 g/mol. The first-order valence-electron chi connectivity index (χ1n) is 14.4. The molecule has 41 heavy (non-hydrogen) atoms. The largest absolute Gasteiger partial charge is 0.379 e. The van der Waals surface area contributed by atoms with Gasteiger partial charge < -0.3 is 20.7 Å². The van der Waals surface area contributed by atoms with Gasteiger partial charge in [0.25, 0.3) is 5.91 Å². The second-order valence-corrected chi connectivity index (χ2v) is 12.3. The number of nitrogens with zero attached hydrogens (tertiary/aromatic N) is 1. The Labute approximate surface area is 249 Å². The third-order valence-electron chi connectivity index (χ3n) is 7.94. The van der Waals surface area contributed by atoms with Gasteiger partial charge in [0.05, 0.1) is 18.1 Å². The van der Waals surface area contributed by atoms with E-state index in [1.165, 1.54) is 11.3 Å². The molecule has 0 unspecified atom stereocenters. The number of nitrogens with one attached hydrogen (secondary N) is 3. The molecule has 0 bridgehead atoms.